The standard InChI is InChI=1S/C18H28N2O3/c1-3-23-13-15-9-7-14(8-10-15)11-19-18(22)20(2)12-16-5-4-6-17(16)21/h7-10,16-17,21H,3-6,11-13H2,1-2H3,(H,19,22). The topological polar surface area (TPSA) is 61.8 Å². The molecule has 0 heterocycles. The van der Waals surface area contributed by atoms with E-state index in [0.717, 1.165) is 30.4 Å². The largest absolute Gasteiger partial charge is 0.393 e. The van der Waals surface area contributed by atoms with Gasteiger partial charge in [0.1, 0.15) is 0 Å². The number of carbonyl (C=O) groups excluding carboxylic acids is 1. The molecule has 2 unspecified atom stereocenters. The van der Waals surface area contributed by atoms with Gasteiger partial charge in [-0.15, -0.1) is 0 Å². The van der Waals surface area contributed by atoms with Gasteiger partial charge in [-0.25, -0.2) is 4.79 Å². The molecule has 2 atom stereocenters. The van der Waals surface area contributed by atoms with Crippen LogP contribution in [-0.2, 0) is 17.9 Å². The van der Waals surface area contributed by atoms with Crippen molar-refractivity contribution in [3.05, 3.63) is 35.4 Å². The number of urea groups is 1. The minimum Gasteiger partial charge on any atom is -0.393 e. The van der Waals surface area contributed by atoms with Gasteiger partial charge >= 0.3 is 6.03 Å². The van der Waals surface area contributed by atoms with Crippen LogP contribution in [0, 0.1) is 5.92 Å². The molecule has 1 aromatic carbocycles. The summed E-state index contributed by atoms with van der Waals surface area (Å²) >= 11 is 0. The highest BCUT2D eigenvalue weighted by molar-refractivity contribution is 5.73. The van der Waals surface area contributed by atoms with Gasteiger partial charge in [-0.2, -0.15) is 0 Å². The molecule has 23 heavy (non-hydrogen) atoms. The normalized spacial score (nSPS) is 20.5. The molecule has 128 valence electrons. The Morgan fingerprint density at radius 3 is 2.61 bits per heavy atom. The Bertz CT molecular complexity index is 490. The number of carbonyl (C=O) groups is 1. The molecular weight excluding hydrogens is 292 g/mol. The maximum absolute atomic E-state index is 12.1. The van der Waals surface area contributed by atoms with E-state index in [1.54, 1.807) is 11.9 Å². The summed E-state index contributed by atoms with van der Waals surface area (Å²) < 4.78 is 5.36. The Morgan fingerprint density at radius 2 is 2.00 bits per heavy atom. The third kappa shape index (κ3) is 5.52. The highest BCUT2D eigenvalue weighted by Crippen LogP contribution is 2.25. The zero-order valence-corrected chi connectivity index (χ0v) is 14.1. The van der Waals surface area contributed by atoms with Gasteiger partial charge in [0.05, 0.1) is 12.7 Å². The van der Waals surface area contributed by atoms with Crippen LogP contribution in [0.1, 0.15) is 37.3 Å². The summed E-state index contributed by atoms with van der Waals surface area (Å²) in [7, 11) is 1.78. The molecule has 0 saturated heterocycles. The second kappa shape index (κ2) is 8.89. The summed E-state index contributed by atoms with van der Waals surface area (Å²) in [4.78, 5) is 13.8. The fourth-order valence-electron chi connectivity index (χ4n) is 2.95. The van der Waals surface area contributed by atoms with Gasteiger partial charge in [-0.05, 0) is 30.9 Å². The SMILES string of the molecule is CCOCc1ccc(CNC(=O)N(C)CC2CCCC2O)cc1. The summed E-state index contributed by atoms with van der Waals surface area (Å²) in [6.45, 7) is 4.42. The Morgan fingerprint density at radius 1 is 1.30 bits per heavy atom. The van der Waals surface area contributed by atoms with Crippen LogP contribution in [0.5, 0.6) is 0 Å². The second-order valence-corrected chi connectivity index (χ2v) is 6.25. The van der Waals surface area contributed by atoms with Crippen molar-refractivity contribution in [3.63, 3.8) is 0 Å². The first kappa shape index (κ1) is 17.8. The van der Waals surface area contributed by atoms with Gasteiger partial charge < -0.3 is 20.1 Å². The summed E-state index contributed by atoms with van der Waals surface area (Å²) in [6.07, 6.45) is 2.65. The van der Waals surface area contributed by atoms with Crippen molar-refractivity contribution in [1.29, 1.82) is 0 Å². The van der Waals surface area contributed by atoms with E-state index in [0.29, 0.717) is 26.3 Å². The lowest BCUT2D eigenvalue weighted by Crippen LogP contribution is -2.40. The molecule has 2 N–H and O–H groups in total. The van der Waals surface area contributed by atoms with Crippen LogP contribution in [0.3, 0.4) is 0 Å². The average Bonchev–Trinajstić information content (AvgIpc) is 2.96. The second-order valence-electron chi connectivity index (χ2n) is 6.25. The summed E-state index contributed by atoms with van der Waals surface area (Å²) in [6, 6.07) is 7.97. The van der Waals surface area contributed by atoms with E-state index in [4.69, 9.17) is 4.74 Å². The van der Waals surface area contributed by atoms with Crippen molar-refractivity contribution < 1.29 is 14.6 Å². The molecule has 5 nitrogen and oxygen atoms in total. The third-order valence-electron chi connectivity index (χ3n) is 4.41. The lowest BCUT2D eigenvalue weighted by atomic mass is 10.1. The van der Waals surface area contributed by atoms with Crippen molar-refractivity contribution in [3.8, 4) is 0 Å². The zero-order valence-electron chi connectivity index (χ0n) is 14.1. The number of nitrogens with one attached hydrogen (secondary N) is 1. The quantitative estimate of drug-likeness (QED) is 0.811. The molecule has 0 radical (unpaired) electrons. The van der Waals surface area contributed by atoms with Gasteiger partial charge in [0.2, 0.25) is 0 Å². The highest BCUT2D eigenvalue weighted by Gasteiger charge is 2.27. The lowest BCUT2D eigenvalue weighted by molar-refractivity contribution is 0.114. The number of amides is 2. The van der Waals surface area contributed by atoms with E-state index >= 15 is 0 Å². The Labute approximate surface area is 138 Å². The predicted octanol–water partition coefficient (Wildman–Crippen LogP) is 2.53. The van der Waals surface area contributed by atoms with Crippen molar-refractivity contribution in [2.45, 2.75) is 45.4 Å². The molecule has 0 aromatic heterocycles. The fraction of sp³-hybridized carbons (Fsp3) is 0.611. The molecule has 1 saturated carbocycles. The van der Waals surface area contributed by atoms with Crippen molar-refractivity contribution >= 4 is 6.03 Å². The lowest BCUT2D eigenvalue weighted by Gasteiger charge is -2.23. The van der Waals surface area contributed by atoms with Crippen molar-refractivity contribution in [1.82, 2.24) is 10.2 Å². The molecule has 1 fully saturated rings. The monoisotopic (exact) mass is 320 g/mol. The van der Waals surface area contributed by atoms with E-state index in [-0.39, 0.29) is 18.1 Å². The van der Waals surface area contributed by atoms with E-state index in [9.17, 15) is 9.90 Å². The highest BCUT2D eigenvalue weighted by atomic mass is 16.5. The molecule has 5 heteroatoms. The fourth-order valence-corrected chi connectivity index (χ4v) is 2.95. The average molecular weight is 320 g/mol. The third-order valence-corrected chi connectivity index (χ3v) is 4.41. The number of ether oxygens (including phenoxy) is 1. The first-order valence-corrected chi connectivity index (χ1v) is 8.42. The number of hydrogen-bond acceptors (Lipinski definition) is 3. The molecular formula is C18H28N2O3. The van der Waals surface area contributed by atoms with Gasteiger partial charge in [-0.1, -0.05) is 30.7 Å². The zero-order chi connectivity index (χ0) is 16.7. The smallest absolute Gasteiger partial charge is 0.317 e. The van der Waals surface area contributed by atoms with Crippen LogP contribution < -0.4 is 5.32 Å². The summed E-state index contributed by atoms with van der Waals surface area (Å²) in [5.74, 6) is 0.212. The maximum atomic E-state index is 12.1. The molecule has 2 rings (SSSR count). The number of hydrogen-bond donors (Lipinski definition) is 2. The number of rotatable bonds is 7. The summed E-state index contributed by atoms with van der Waals surface area (Å²) in [5, 5.41) is 12.8. The Hall–Kier alpha value is -1.59. The van der Waals surface area contributed by atoms with Crippen molar-refractivity contribution in [2.24, 2.45) is 5.92 Å². The number of aliphatic hydroxyl groups is 1. The van der Waals surface area contributed by atoms with Crippen molar-refractivity contribution in [2.75, 3.05) is 20.2 Å². The van der Waals surface area contributed by atoms with Crippen LogP contribution in [0.4, 0.5) is 4.79 Å². The number of aliphatic hydroxyl groups excluding tert-OH is 1. The molecule has 0 bridgehead atoms. The van der Waals surface area contributed by atoms with Crippen LogP contribution >= 0.6 is 0 Å². The van der Waals surface area contributed by atoms with Gasteiger partial charge in [0, 0.05) is 32.7 Å². The minimum atomic E-state index is -0.261. The Kier molecular flexibility index (Phi) is 6.86. The maximum Gasteiger partial charge on any atom is 0.317 e. The summed E-state index contributed by atoms with van der Waals surface area (Å²) in [5.41, 5.74) is 2.20. The molecule has 2 amide bonds. The number of benzene rings is 1. The van der Waals surface area contributed by atoms with E-state index in [1.165, 1.54) is 0 Å². The van der Waals surface area contributed by atoms with Gasteiger partial charge in [0.15, 0.2) is 0 Å². The number of nitrogens with zero attached hydrogens (tertiary/aromatic N) is 1. The molecule has 1 aliphatic carbocycles. The van der Waals surface area contributed by atoms with E-state index < -0.39 is 0 Å². The first-order valence-electron chi connectivity index (χ1n) is 8.42. The molecule has 0 spiro atoms. The van der Waals surface area contributed by atoms with Gasteiger partial charge in [0.25, 0.3) is 0 Å². The molecule has 0 aliphatic heterocycles. The van der Waals surface area contributed by atoms with Crippen LogP contribution in [-0.4, -0.2) is 42.3 Å². The Balaban J connectivity index is 1.74. The van der Waals surface area contributed by atoms with E-state index in [1.807, 2.05) is 31.2 Å². The van der Waals surface area contributed by atoms with Gasteiger partial charge in [-0.3, -0.25) is 0 Å². The van der Waals surface area contributed by atoms with Crippen LogP contribution in [0.15, 0.2) is 24.3 Å². The van der Waals surface area contributed by atoms with Crippen LogP contribution in [0.25, 0.3) is 0 Å². The first-order chi connectivity index (χ1) is 11.1. The predicted molar refractivity (Wildman–Crippen MR) is 90.0 cm³/mol. The molecule has 1 aromatic rings. The van der Waals surface area contributed by atoms with Crippen LogP contribution in [0.2, 0.25) is 0 Å². The molecule has 1 aliphatic rings. The minimum absolute atomic E-state index is 0.0949. The van der Waals surface area contributed by atoms with E-state index in [2.05, 4.69) is 5.32 Å².